The molecule has 0 aliphatic rings. The van der Waals surface area contributed by atoms with Crippen LogP contribution in [0, 0.1) is 0 Å². The molecular weight excluding hydrogens is 378 g/mol. The molecule has 0 atom stereocenters. The van der Waals surface area contributed by atoms with Gasteiger partial charge in [0.1, 0.15) is 18.1 Å². The summed E-state index contributed by atoms with van der Waals surface area (Å²) in [6, 6.07) is 13.3. The van der Waals surface area contributed by atoms with E-state index >= 15 is 0 Å². The summed E-state index contributed by atoms with van der Waals surface area (Å²) in [6.07, 6.45) is 0. The van der Waals surface area contributed by atoms with E-state index in [1.165, 1.54) is 12.1 Å². The van der Waals surface area contributed by atoms with Crippen molar-refractivity contribution in [2.75, 3.05) is 26.7 Å². The fraction of sp³-hybridized carbons (Fsp3) is 0.316. The van der Waals surface area contributed by atoms with Crippen molar-refractivity contribution < 1.29 is 23.0 Å². The number of ether oxygens (including phenoxy) is 2. The van der Waals surface area contributed by atoms with E-state index in [4.69, 9.17) is 16.3 Å². The van der Waals surface area contributed by atoms with Crippen LogP contribution in [0.15, 0.2) is 48.5 Å². The van der Waals surface area contributed by atoms with Gasteiger partial charge in [-0.3, -0.25) is 9.69 Å². The molecule has 2 rings (SSSR count). The number of rotatable bonds is 10. The molecule has 0 radical (unpaired) electrons. The van der Waals surface area contributed by atoms with Gasteiger partial charge in [0, 0.05) is 11.6 Å². The van der Waals surface area contributed by atoms with Gasteiger partial charge in [0.2, 0.25) is 5.91 Å². The van der Waals surface area contributed by atoms with Gasteiger partial charge in [0.15, 0.2) is 0 Å². The summed E-state index contributed by atoms with van der Waals surface area (Å²) in [5, 5.41) is 3.41. The van der Waals surface area contributed by atoms with Crippen molar-refractivity contribution in [3.8, 4) is 11.5 Å². The number of amides is 1. The van der Waals surface area contributed by atoms with Gasteiger partial charge in [-0.25, -0.2) is 0 Å². The van der Waals surface area contributed by atoms with E-state index in [2.05, 4.69) is 10.1 Å². The molecule has 146 valence electrons. The lowest BCUT2D eigenvalue weighted by Crippen LogP contribution is -2.36. The minimum absolute atomic E-state index is 0.106. The average Bonchev–Trinajstić information content (AvgIpc) is 2.61. The molecule has 2 aromatic rings. The molecule has 1 N–H and O–H groups in total. The minimum atomic E-state index is -2.84. The predicted octanol–water partition coefficient (Wildman–Crippen LogP) is 3.57. The molecule has 0 unspecified atom stereocenters. The Labute approximate surface area is 161 Å². The lowest BCUT2D eigenvalue weighted by molar-refractivity contribution is -0.122. The molecule has 8 heteroatoms. The van der Waals surface area contributed by atoms with E-state index in [1.807, 2.05) is 4.90 Å². The third-order valence-corrected chi connectivity index (χ3v) is 3.77. The number of benzene rings is 2. The number of likely N-dealkylation sites (N-methyl/N-ethyl adjacent to an activating group) is 1. The Bertz CT molecular complexity index is 712. The maximum atomic E-state index is 12.1. The van der Waals surface area contributed by atoms with Gasteiger partial charge in [0.05, 0.1) is 13.1 Å². The van der Waals surface area contributed by atoms with E-state index in [1.54, 1.807) is 43.4 Å². The van der Waals surface area contributed by atoms with Crippen LogP contribution < -0.4 is 14.8 Å². The summed E-state index contributed by atoms with van der Waals surface area (Å²) in [6.45, 7) is -1.40. The third-order valence-electron chi connectivity index (χ3n) is 3.52. The summed E-state index contributed by atoms with van der Waals surface area (Å²) < 4.78 is 34.1. The molecule has 27 heavy (non-hydrogen) atoms. The molecule has 0 spiro atoms. The quantitative estimate of drug-likeness (QED) is 0.622. The molecule has 0 saturated carbocycles. The Balaban J connectivity index is 1.65. The Morgan fingerprint density at radius 1 is 1.11 bits per heavy atom. The van der Waals surface area contributed by atoms with E-state index < -0.39 is 6.61 Å². The molecule has 0 bridgehead atoms. The van der Waals surface area contributed by atoms with Crippen molar-refractivity contribution in [2.24, 2.45) is 0 Å². The van der Waals surface area contributed by atoms with E-state index in [0.717, 1.165) is 5.56 Å². The number of halogens is 3. The third kappa shape index (κ3) is 8.23. The first-order valence-corrected chi connectivity index (χ1v) is 8.67. The maximum Gasteiger partial charge on any atom is 0.387 e. The second-order valence-corrected chi connectivity index (χ2v) is 6.28. The zero-order valence-corrected chi connectivity index (χ0v) is 15.6. The Hall–Kier alpha value is -2.38. The van der Waals surface area contributed by atoms with Crippen LogP contribution in [0.4, 0.5) is 8.78 Å². The molecule has 1 amide bonds. The number of alkyl halides is 2. The van der Waals surface area contributed by atoms with Gasteiger partial charge in [-0.2, -0.15) is 8.78 Å². The van der Waals surface area contributed by atoms with Crippen LogP contribution in [-0.2, 0) is 11.3 Å². The topological polar surface area (TPSA) is 50.8 Å². The Morgan fingerprint density at radius 3 is 2.37 bits per heavy atom. The van der Waals surface area contributed by atoms with Gasteiger partial charge in [0.25, 0.3) is 0 Å². The normalized spacial score (nSPS) is 10.9. The first kappa shape index (κ1) is 20.9. The van der Waals surface area contributed by atoms with Gasteiger partial charge in [-0.05, 0) is 49.0 Å². The Kier molecular flexibility index (Phi) is 8.29. The van der Waals surface area contributed by atoms with Crippen LogP contribution in [0.1, 0.15) is 5.56 Å². The SMILES string of the molecule is CN(CC(=O)NCCOc1ccc(Cl)cc1)Cc1ccc(OC(F)F)cc1. The number of hydrogen-bond acceptors (Lipinski definition) is 4. The predicted molar refractivity (Wildman–Crippen MR) is 99.4 cm³/mol. The van der Waals surface area contributed by atoms with E-state index in [-0.39, 0.29) is 18.2 Å². The summed E-state index contributed by atoms with van der Waals surface area (Å²) in [7, 11) is 1.80. The maximum absolute atomic E-state index is 12.1. The summed E-state index contributed by atoms with van der Waals surface area (Å²) >= 11 is 5.80. The van der Waals surface area contributed by atoms with Crippen LogP contribution in [0.25, 0.3) is 0 Å². The Morgan fingerprint density at radius 2 is 1.74 bits per heavy atom. The second kappa shape index (κ2) is 10.7. The smallest absolute Gasteiger partial charge is 0.387 e. The van der Waals surface area contributed by atoms with Gasteiger partial charge < -0.3 is 14.8 Å². The standard InChI is InChI=1S/C19H21ClF2N2O3/c1-24(12-14-2-6-17(7-3-14)27-19(21)22)13-18(25)23-10-11-26-16-8-4-15(20)5-9-16/h2-9,19H,10-13H2,1H3,(H,23,25). The van der Waals surface area contributed by atoms with Crippen LogP contribution in [0.3, 0.4) is 0 Å². The molecular formula is C19H21ClF2N2O3. The highest BCUT2D eigenvalue weighted by Crippen LogP contribution is 2.16. The summed E-state index contributed by atoms with van der Waals surface area (Å²) in [4.78, 5) is 13.8. The second-order valence-electron chi connectivity index (χ2n) is 5.85. The molecule has 0 aliphatic heterocycles. The zero-order valence-electron chi connectivity index (χ0n) is 14.8. The first-order valence-electron chi connectivity index (χ1n) is 8.30. The van der Waals surface area contributed by atoms with Crippen molar-refractivity contribution >= 4 is 17.5 Å². The van der Waals surface area contributed by atoms with Crippen LogP contribution in [-0.4, -0.2) is 44.2 Å². The highest BCUT2D eigenvalue weighted by molar-refractivity contribution is 6.30. The lowest BCUT2D eigenvalue weighted by Gasteiger charge is -2.17. The van der Waals surface area contributed by atoms with Crippen molar-refractivity contribution in [3.63, 3.8) is 0 Å². The largest absolute Gasteiger partial charge is 0.492 e. The number of carbonyl (C=O) groups excluding carboxylic acids is 1. The van der Waals surface area contributed by atoms with Crippen molar-refractivity contribution in [1.82, 2.24) is 10.2 Å². The van der Waals surface area contributed by atoms with Crippen molar-refractivity contribution in [3.05, 3.63) is 59.1 Å². The van der Waals surface area contributed by atoms with Gasteiger partial charge in [-0.15, -0.1) is 0 Å². The zero-order chi connectivity index (χ0) is 19.6. The van der Waals surface area contributed by atoms with Crippen LogP contribution in [0.2, 0.25) is 5.02 Å². The van der Waals surface area contributed by atoms with Crippen molar-refractivity contribution in [1.29, 1.82) is 0 Å². The number of carbonyl (C=O) groups is 1. The minimum Gasteiger partial charge on any atom is -0.492 e. The monoisotopic (exact) mass is 398 g/mol. The fourth-order valence-corrected chi connectivity index (χ4v) is 2.46. The number of hydrogen-bond donors (Lipinski definition) is 1. The number of nitrogens with one attached hydrogen (secondary N) is 1. The van der Waals surface area contributed by atoms with E-state index in [0.29, 0.717) is 30.5 Å². The van der Waals surface area contributed by atoms with Gasteiger partial charge >= 0.3 is 6.61 Å². The van der Waals surface area contributed by atoms with Crippen LogP contribution in [0.5, 0.6) is 11.5 Å². The molecule has 0 fully saturated rings. The highest BCUT2D eigenvalue weighted by atomic mass is 35.5. The van der Waals surface area contributed by atoms with Crippen molar-refractivity contribution in [2.45, 2.75) is 13.2 Å². The number of nitrogens with zero attached hydrogens (tertiary/aromatic N) is 1. The highest BCUT2D eigenvalue weighted by Gasteiger charge is 2.08. The molecule has 0 heterocycles. The first-order chi connectivity index (χ1) is 12.9. The molecule has 0 saturated heterocycles. The molecule has 2 aromatic carbocycles. The van der Waals surface area contributed by atoms with Gasteiger partial charge in [-0.1, -0.05) is 23.7 Å². The molecule has 0 aliphatic carbocycles. The molecule has 5 nitrogen and oxygen atoms in total. The lowest BCUT2D eigenvalue weighted by atomic mass is 10.2. The average molecular weight is 399 g/mol. The van der Waals surface area contributed by atoms with Crippen LogP contribution >= 0.6 is 11.6 Å². The summed E-state index contributed by atoms with van der Waals surface area (Å²) in [5.41, 5.74) is 0.887. The van der Waals surface area contributed by atoms with E-state index in [9.17, 15) is 13.6 Å². The summed E-state index contributed by atoms with van der Waals surface area (Å²) in [5.74, 6) is 0.662. The molecule has 0 aromatic heterocycles. The fourth-order valence-electron chi connectivity index (χ4n) is 2.34.